The molecule has 1 aromatic heterocycles. The number of urea groups is 1. The summed E-state index contributed by atoms with van der Waals surface area (Å²) in [6.07, 6.45) is 1.53. The molecule has 17 heavy (non-hydrogen) atoms. The number of nitrogens with one attached hydrogen (secondary N) is 2. The number of carbonyl (C=O) groups is 2. The number of carboxylic acids is 1. The van der Waals surface area contributed by atoms with E-state index in [9.17, 15) is 9.59 Å². The quantitative estimate of drug-likeness (QED) is 0.736. The molecule has 2 amide bonds. The first kappa shape index (κ1) is 13.0. The maximum absolute atomic E-state index is 11.5. The van der Waals surface area contributed by atoms with Crippen molar-refractivity contribution in [1.82, 2.24) is 10.3 Å². The van der Waals surface area contributed by atoms with Crippen LogP contribution in [0.1, 0.15) is 13.8 Å². The molecule has 0 fully saturated rings. The lowest BCUT2D eigenvalue weighted by Gasteiger charge is -2.17. The average Bonchev–Trinajstić information content (AvgIpc) is 2.26. The Kier molecular flexibility index (Phi) is 4.45. The van der Waals surface area contributed by atoms with Crippen LogP contribution in [0.25, 0.3) is 0 Å². The van der Waals surface area contributed by atoms with Gasteiger partial charge in [0.1, 0.15) is 11.9 Å². The van der Waals surface area contributed by atoms with Crippen LogP contribution in [0.5, 0.6) is 0 Å². The molecular weight excluding hydrogens is 222 g/mol. The van der Waals surface area contributed by atoms with Gasteiger partial charge in [-0.15, -0.1) is 0 Å². The van der Waals surface area contributed by atoms with Crippen LogP contribution < -0.4 is 10.6 Å². The number of amides is 2. The predicted octanol–water partition coefficient (Wildman–Crippen LogP) is 1.31. The largest absolute Gasteiger partial charge is 0.480 e. The molecule has 1 heterocycles. The number of aliphatic carboxylic acids is 1. The fourth-order valence-electron chi connectivity index (χ4n) is 1.24. The van der Waals surface area contributed by atoms with Crippen molar-refractivity contribution in [1.29, 1.82) is 0 Å². The van der Waals surface area contributed by atoms with Gasteiger partial charge in [0.15, 0.2) is 0 Å². The third-order valence-electron chi connectivity index (χ3n) is 2.13. The van der Waals surface area contributed by atoms with Crippen molar-refractivity contribution in [3.8, 4) is 0 Å². The Balaban J connectivity index is 2.57. The summed E-state index contributed by atoms with van der Waals surface area (Å²) in [5, 5.41) is 13.7. The molecule has 0 aliphatic rings. The molecule has 1 atom stereocenters. The van der Waals surface area contributed by atoms with E-state index in [2.05, 4.69) is 15.6 Å². The molecule has 6 nitrogen and oxygen atoms in total. The SMILES string of the molecule is CC(C)C(NC(=O)Nc1ccccn1)C(=O)O. The zero-order chi connectivity index (χ0) is 12.8. The number of rotatable bonds is 4. The highest BCUT2D eigenvalue weighted by Crippen LogP contribution is 2.03. The zero-order valence-electron chi connectivity index (χ0n) is 9.68. The lowest BCUT2D eigenvalue weighted by atomic mass is 10.1. The standard InChI is InChI=1S/C11H15N3O3/c1-7(2)9(10(15)16)14-11(17)13-8-5-3-4-6-12-8/h3-7,9H,1-2H3,(H,15,16)(H2,12,13,14,17). The molecule has 0 aliphatic heterocycles. The summed E-state index contributed by atoms with van der Waals surface area (Å²) in [7, 11) is 0. The second-order valence-electron chi connectivity index (χ2n) is 3.87. The van der Waals surface area contributed by atoms with Crippen molar-refractivity contribution in [2.24, 2.45) is 5.92 Å². The second-order valence-corrected chi connectivity index (χ2v) is 3.87. The molecule has 1 aromatic rings. The Bertz CT molecular complexity index is 392. The van der Waals surface area contributed by atoms with Gasteiger partial charge in [-0.1, -0.05) is 19.9 Å². The van der Waals surface area contributed by atoms with E-state index in [-0.39, 0.29) is 5.92 Å². The maximum Gasteiger partial charge on any atom is 0.326 e. The Morgan fingerprint density at radius 3 is 2.53 bits per heavy atom. The summed E-state index contributed by atoms with van der Waals surface area (Å²) in [6, 6.07) is 3.56. The Morgan fingerprint density at radius 1 is 1.35 bits per heavy atom. The summed E-state index contributed by atoms with van der Waals surface area (Å²) in [5.41, 5.74) is 0. The lowest BCUT2D eigenvalue weighted by molar-refractivity contribution is -0.140. The monoisotopic (exact) mass is 237 g/mol. The van der Waals surface area contributed by atoms with E-state index >= 15 is 0 Å². The third-order valence-corrected chi connectivity index (χ3v) is 2.13. The predicted molar refractivity (Wildman–Crippen MR) is 62.7 cm³/mol. The molecule has 0 bridgehead atoms. The number of carboxylic acid groups (broad SMARTS) is 1. The molecule has 3 N–H and O–H groups in total. The van der Waals surface area contributed by atoms with E-state index in [1.165, 1.54) is 6.20 Å². The zero-order valence-corrected chi connectivity index (χ0v) is 9.68. The highest BCUT2D eigenvalue weighted by Gasteiger charge is 2.23. The van der Waals surface area contributed by atoms with Gasteiger partial charge in [-0.05, 0) is 18.1 Å². The van der Waals surface area contributed by atoms with Crippen LogP contribution in [0.15, 0.2) is 24.4 Å². The molecule has 0 aromatic carbocycles. The van der Waals surface area contributed by atoms with Gasteiger partial charge in [0, 0.05) is 6.20 Å². The van der Waals surface area contributed by atoms with Crippen molar-refractivity contribution in [3.05, 3.63) is 24.4 Å². The van der Waals surface area contributed by atoms with Gasteiger partial charge in [-0.2, -0.15) is 0 Å². The van der Waals surface area contributed by atoms with Crippen LogP contribution in [-0.4, -0.2) is 28.1 Å². The summed E-state index contributed by atoms with van der Waals surface area (Å²) < 4.78 is 0. The molecule has 0 radical (unpaired) electrons. The number of hydrogen-bond acceptors (Lipinski definition) is 3. The number of aromatic nitrogens is 1. The summed E-state index contributed by atoms with van der Waals surface area (Å²) in [4.78, 5) is 26.3. The van der Waals surface area contributed by atoms with E-state index in [1.807, 2.05) is 0 Å². The van der Waals surface area contributed by atoms with Crippen LogP contribution in [-0.2, 0) is 4.79 Å². The van der Waals surface area contributed by atoms with Crippen molar-refractivity contribution in [2.75, 3.05) is 5.32 Å². The fourth-order valence-corrected chi connectivity index (χ4v) is 1.24. The maximum atomic E-state index is 11.5. The number of anilines is 1. The highest BCUT2D eigenvalue weighted by atomic mass is 16.4. The van der Waals surface area contributed by atoms with Crippen LogP contribution in [0.2, 0.25) is 0 Å². The van der Waals surface area contributed by atoms with Crippen LogP contribution in [0.4, 0.5) is 10.6 Å². The molecular formula is C11H15N3O3. The van der Waals surface area contributed by atoms with Crippen LogP contribution >= 0.6 is 0 Å². The highest BCUT2D eigenvalue weighted by molar-refractivity contribution is 5.91. The number of hydrogen-bond donors (Lipinski definition) is 3. The fraction of sp³-hybridized carbons (Fsp3) is 0.364. The normalized spacial score (nSPS) is 11.9. The van der Waals surface area contributed by atoms with Gasteiger partial charge in [0.25, 0.3) is 0 Å². The number of carbonyl (C=O) groups excluding carboxylic acids is 1. The van der Waals surface area contributed by atoms with Gasteiger partial charge in [-0.25, -0.2) is 14.6 Å². The Hall–Kier alpha value is -2.11. The third kappa shape index (κ3) is 4.10. The molecule has 1 rings (SSSR count). The molecule has 0 saturated heterocycles. The van der Waals surface area contributed by atoms with Crippen molar-refractivity contribution in [3.63, 3.8) is 0 Å². The number of pyridine rings is 1. The van der Waals surface area contributed by atoms with Gasteiger partial charge in [0.2, 0.25) is 0 Å². The molecule has 0 aliphatic carbocycles. The van der Waals surface area contributed by atoms with Crippen LogP contribution in [0, 0.1) is 5.92 Å². The Morgan fingerprint density at radius 2 is 2.06 bits per heavy atom. The number of nitrogens with zero attached hydrogens (tertiary/aromatic N) is 1. The first-order chi connectivity index (χ1) is 8.00. The minimum absolute atomic E-state index is 0.193. The Labute approximate surface area is 99.1 Å². The molecule has 6 heteroatoms. The van der Waals surface area contributed by atoms with E-state index in [4.69, 9.17) is 5.11 Å². The molecule has 0 spiro atoms. The molecule has 92 valence electrons. The van der Waals surface area contributed by atoms with E-state index < -0.39 is 18.0 Å². The van der Waals surface area contributed by atoms with Crippen molar-refractivity contribution >= 4 is 17.8 Å². The second kappa shape index (κ2) is 5.83. The lowest BCUT2D eigenvalue weighted by Crippen LogP contribution is -2.46. The average molecular weight is 237 g/mol. The molecule has 1 unspecified atom stereocenters. The van der Waals surface area contributed by atoms with Gasteiger partial charge < -0.3 is 10.4 Å². The van der Waals surface area contributed by atoms with Crippen molar-refractivity contribution < 1.29 is 14.7 Å². The van der Waals surface area contributed by atoms with Gasteiger partial charge in [0.05, 0.1) is 0 Å². The minimum atomic E-state index is -1.06. The van der Waals surface area contributed by atoms with E-state index in [0.29, 0.717) is 5.82 Å². The minimum Gasteiger partial charge on any atom is -0.480 e. The van der Waals surface area contributed by atoms with E-state index in [0.717, 1.165) is 0 Å². The van der Waals surface area contributed by atoms with Gasteiger partial charge in [-0.3, -0.25) is 5.32 Å². The summed E-state index contributed by atoms with van der Waals surface area (Å²) in [6.45, 7) is 3.44. The van der Waals surface area contributed by atoms with Crippen molar-refractivity contribution in [2.45, 2.75) is 19.9 Å². The summed E-state index contributed by atoms with van der Waals surface area (Å²) in [5.74, 6) is -0.879. The first-order valence-electron chi connectivity index (χ1n) is 5.22. The van der Waals surface area contributed by atoms with E-state index in [1.54, 1.807) is 32.0 Å². The summed E-state index contributed by atoms with van der Waals surface area (Å²) >= 11 is 0. The first-order valence-corrected chi connectivity index (χ1v) is 5.22. The van der Waals surface area contributed by atoms with Gasteiger partial charge >= 0.3 is 12.0 Å². The smallest absolute Gasteiger partial charge is 0.326 e. The molecule has 0 saturated carbocycles. The topological polar surface area (TPSA) is 91.3 Å². The van der Waals surface area contributed by atoms with Crippen LogP contribution in [0.3, 0.4) is 0 Å².